The zero-order chi connectivity index (χ0) is 18.1. The Hall–Kier alpha value is -1.55. The highest BCUT2D eigenvalue weighted by molar-refractivity contribution is 8.32. The largest absolute Gasteiger partial charge is 0.264 e. The number of nitrogens with zero attached hydrogens (tertiary/aromatic N) is 3. The van der Waals surface area contributed by atoms with Gasteiger partial charge in [-0.2, -0.15) is 5.10 Å². The molecule has 0 unspecified atom stereocenters. The molecule has 0 atom stereocenters. The molecule has 2 aromatic rings. The SMILES string of the molecule is C/C(=N\c1cc(C)ccc1C)c1cnn(CS(C)(C)C(C)(C)C)c1. The van der Waals surface area contributed by atoms with Crippen molar-refractivity contribution in [3.05, 3.63) is 47.3 Å². The first-order chi connectivity index (χ1) is 11.0. The minimum atomic E-state index is -0.774. The van der Waals surface area contributed by atoms with Crippen LogP contribution in [-0.4, -0.2) is 32.8 Å². The minimum Gasteiger partial charge on any atom is -0.264 e. The summed E-state index contributed by atoms with van der Waals surface area (Å²) in [5.41, 5.74) is 5.59. The molecule has 24 heavy (non-hydrogen) atoms. The molecule has 0 amide bonds. The summed E-state index contributed by atoms with van der Waals surface area (Å²) >= 11 is 0. The highest BCUT2D eigenvalue weighted by Gasteiger charge is 2.28. The number of aromatic nitrogens is 2. The number of rotatable bonds is 4. The fourth-order valence-electron chi connectivity index (χ4n) is 2.23. The predicted octanol–water partition coefficient (Wildman–Crippen LogP) is 5.46. The summed E-state index contributed by atoms with van der Waals surface area (Å²) in [4.78, 5) is 4.82. The van der Waals surface area contributed by atoms with E-state index in [1.54, 1.807) is 0 Å². The van der Waals surface area contributed by atoms with Gasteiger partial charge in [-0.05, 0) is 55.2 Å². The number of aliphatic imine (C=N–C) groups is 1. The number of aryl methyl sites for hydroxylation is 2. The third kappa shape index (κ3) is 4.29. The molecule has 0 aliphatic rings. The van der Waals surface area contributed by atoms with Crippen LogP contribution in [0, 0.1) is 13.8 Å². The van der Waals surface area contributed by atoms with Gasteiger partial charge in [0.1, 0.15) is 0 Å². The van der Waals surface area contributed by atoms with Crippen LogP contribution in [0.2, 0.25) is 0 Å². The Morgan fingerprint density at radius 1 is 1.21 bits per heavy atom. The van der Waals surface area contributed by atoms with E-state index in [0.29, 0.717) is 4.75 Å². The maximum absolute atomic E-state index is 4.82. The van der Waals surface area contributed by atoms with Crippen LogP contribution in [-0.2, 0) is 5.88 Å². The van der Waals surface area contributed by atoms with Gasteiger partial charge in [0.25, 0.3) is 0 Å². The fourth-order valence-corrected chi connectivity index (χ4v) is 3.42. The minimum absolute atomic E-state index is 0.306. The molecule has 1 aromatic heterocycles. The van der Waals surface area contributed by atoms with Crippen LogP contribution in [0.3, 0.4) is 0 Å². The van der Waals surface area contributed by atoms with Crippen LogP contribution < -0.4 is 0 Å². The van der Waals surface area contributed by atoms with E-state index < -0.39 is 10.0 Å². The topological polar surface area (TPSA) is 30.2 Å². The number of benzene rings is 1. The van der Waals surface area contributed by atoms with Gasteiger partial charge >= 0.3 is 0 Å². The molecule has 0 N–H and O–H groups in total. The normalized spacial score (nSPS) is 14.1. The Labute approximate surface area is 148 Å². The zero-order valence-electron chi connectivity index (χ0n) is 16.3. The lowest BCUT2D eigenvalue weighted by Crippen LogP contribution is -2.26. The van der Waals surface area contributed by atoms with E-state index in [4.69, 9.17) is 4.99 Å². The molecule has 1 aromatic carbocycles. The summed E-state index contributed by atoms with van der Waals surface area (Å²) in [7, 11) is -0.774. The Morgan fingerprint density at radius 3 is 2.50 bits per heavy atom. The summed E-state index contributed by atoms with van der Waals surface area (Å²) in [5, 5.41) is 4.57. The lowest BCUT2D eigenvalue weighted by Gasteiger charge is -2.44. The molecule has 0 fully saturated rings. The molecule has 132 valence electrons. The van der Waals surface area contributed by atoms with E-state index in [2.05, 4.69) is 88.2 Å². The molecule has 2 rings (SSSR count). The third-order valence-corrected chi connectivity index (χ3v) is 9.04. The fraction of sp³-hybridized carbons (Fsp3) is 0.500. The van der Waals surface area contributed by atoms with E-state index in [9.17, 15) is 0 Å². The van der Waals surface area contributed by atoms with Crippen molar-refractivity contribution < 1.29 is 0 Å². The van der Waals surface area contributed by atoms with Crippen LogP contribution in [0.5, 0.6) is 0 Å². The average Bonchev–Trinajstić information content (AvgIpc) is 2.89. The molecule has 0 saturated heterocycles. The molecular weight excluding hydrogens is 314 g/mol. The summed E-state index contributed by atoms with van der Waals surface area (Å²) < 4.78 is 2.39. The quantitative estimate of drug-likeness (QED) is 0.677. The first kappa shape index (κ1) is 18.8. The highest BCUT2D eigenvalue weighted by atomic mass is 32.3. The first-order valence-corrected chi connectivity index (χ1v) is 11.0. The number of hydrogen-bond acceptors (Lipinski definition) is 2. The monoisotopic (exact) mass is 345 g/mol. The molecule has 4 heteroatoms. The molecule has 1 heterocycles. The Morgan fingerprint density at radius 2 is 1.88 bits per heavy atom. The van der Waals surface area contributed by atoms with Gasteiger partial charge in [0.2, 0.25) is 0 Å². The smallest absolute Gasteiger partial charge is 0.0712 e. The van der Waals surface area contributed by atoms with E-state index >= 15 is 0 Å². The second kappa shape index (κ2) is 6.75. The van der Waals surface area contributed by atoms with Crippen LogP contribution in [0.4, 0.5) is 5.69 Å². The first-order valence-electron chi connectivity index (χ1n) is 8.35. The lowest BCUT2D eigenvalue weighted by atomic mass is 10.1. The predicted molar refractivity (Wildman–Crippen MR) is 109 cm³/mol. The van der Waals surface area contributed by atoms with Gasteiger partial charge in [-0.3, -0.25) is 9.67 Å². The Bertz CT molecular complexity index is 748. The maximum atomic E-state index is 4.82. The summed E-state index contributed by atoms with van der Waals surface area (Å²) in [6.45, 7) is 13.2. The van der Waals surface area contributed by atoms with Gasteiger partial charge in [0.15, 0.2) is 0 Å². The van der Waals surface area contributed by atoms with Crippen LogP contribution >= 0.6 is 10.0 Å². The molecule has 0 spiro atoms. The van der Waals surface area contributed by atoms with Gasteiger partial charge in [-0.15, -0.1) is 0 Å². The Balaban J connectivity index is 2.24. The van der Waals surface area contributed by atoms with Crippen molar-refractivity contribution in [2.24, 2.45) is 4.99 Å². The second-order valence-electron chi connectivity index (χ2n) is 8.04. The molecule has 0 bridgehead atoms. The van der Waals surface area contributed by atoms with Crippen molar-refractivity contribution in [3.63, 3.8) is 0 Å². The zero-order valence-corrected chi connectivity index (χ0v) is 17.2. The van der Waals surface area contributed by atoms with Crippen molar-refractivity contribution in [1.82, 2.24) is 9.78 Å². The van der Waals surface area contributed by atoms with Gasteiger partial charge < -0.3 is 0 Å². The number of hydrogen-bond donors (Lipinski definition) is 0. The molecule has 0 saturated carbocycles. The van der Waals surface area contributed by atoms with Gasteiger partial charge in [-0.25, -0.2) is 10.0 Å². The molecule has 0 aliphatic carbocycles. The van der Waals surface area contributed by atoms with Crippen molar-refractivity contribution in [1.29, 1.82) is 0 Å². The van der Waals surface area contributed by atoms with Crippen LogP contribution in [0.15, 0.2) is 35.6 Å². The Kier molecular flexibility index (Phi) is 5.28. The summed E-state index contributed by atoms with van der Waals surface area (Å²) in [5.74, 6) is 0.979. The van der Waals surface area contributed by atoms with Crippen molar-refractivity contribution in [2.45, 2.75) is 52.2 Å². The average molecular weight is 346 g/mol. The second-order valence-corrected chi connectivity index (χ2v) is 12.6. The highest BCUT2D eigenvalue weighted by Crippen LogP contribution is 2.53. The molecule has 3 nitrogen and oxygen atoms in total. The van der Waals surface area contributed by atoms with Gasteiger partial charge in [-0.1, -0.05) is 32.9 Å². The molecule has 0 radical (unpaired) electrons. The van der Waals surface area contributed by atoms with Crippen LogP contribution in [0.1, 0.15) is 44.4 Å². The van der Waals surface area contributed by atoms with Crippen molar-refractivity contribution in [3.8, 4) is 0 Å². The third-order valence-electron chi connectivity index (χ3n) is 4.82. The van der Waals surface area contributed by atoms with Crippen molar-refractivity contribution in [2.75, 3.05) is 12.5 Å². The molecular formula is C20H31N3S. The lowest BCUT2D eigenvalue weighted by molar-refractivity contribution is 0.713. The van der Waals surface area contributed by atoms with E-state index in [0.717, 1.165) is 22.8 Å². The van der Waals surface area contributed by atoms with Gasteiger partial charge in [0, 0.05) is 17.5 Å². The summed E-state index contributed by atoms with van der Waals surface area (Å²) in [6.07, 6.45) is 8.82. The van der Waals surface area contributed by atoms with E-state index in [1.165, 1.54) is 11.1 Å². The van der Waals surface area contributed by atoms with Crippen molar-refractivity contribution >= 4 is 21.4 Å². The maximum Gasteiger partial charge on any atom is 0.0712 e. The van der Waals surface area contributed by atoms with Crippen LogP contribution in [0.25, 0.3) is 0 Å². The van der Waals surface area contributed by atoms with Gasteiger partial charge in [0.05, 0.1) is 17.8 Å². The molecule has 0 aliphatic heterocycles. The summed E-state index contributed by atoms with van der Waals surface area (Å²) in [6, 6.07) is 6.38. The standard InChI is InChI=1S/C20H31N3S/c1-15-9-10-16(2)19(11-15)22-17(3)18-12-21-23(13-18)14-24(7,8)20(4,5)6/h9-13H,14H2,1-8H3/b22-17+. The van der Waals surface area contributed by atoms with E-state index in [-0.39, 0.29) is 0 Å². The van der Waals surface area contributed by atoms with E-state index in [1.807, 2.05) is 6.20 Å².